The summed E-state index contributed by atoms with van der Waals surface area (Å²) in [5.41, 5.74) is 1.63. The molecule has 0 aromatic carbocycles. The highest BCUT2D eigenvalue weighted by molar-refractivity contribution is 8.17. The van der Waals surface area contributed by atoms with Crippen molar-refractivity contribution in [1.82, 2.24) is 9.78 Å². The van der Waals surface area contributed by atoms with Crippen molar-refractivity contribution in [3.8, 4) is 0 Å². The minimum absolute atomic E-state index is 0.143. The topological polar surface area (TPSA) is 45.5 Å². The standard InChI is InChI=1S/C17H29BN2O3S4/c1-10-12(18-22-15(2,3)16(4,5)23-18)13(14(24)17(25,26)27)20(19-10)11-8-6-7-9-21-11/h11,14,24-27H,6-9H2,1-5H3. The van der Waals surface area contributed by atoms with E-state index < -0.39 is 27.0 Å². The third-order valence-corrected chi connectivity index (χ3v) is 7.73. The molecule has 0 radical (unpaired) electrons. The summed E-state index contributed by atoms with van der Waals surface area (Å²) in [6, 6.07) is 0. The van der Waals surface area contributed by atoms with Crippen LogP contribution in [0, 0.1) is 6.92 Å². The molecule has 0 bridgehead atoms. The van der Waals surface area contributed by atoms with E-state index >= 15 is 0 Å². The number of thiol groups is 4. The Kier molecular flexibility index (Phi) is 6.32. The number of hydrogen-bond donors (Lipinski definition) is 4. The van der Waals surface area contributed by atoms with Gasteiger partial charge in [-0.2, -0.15) is 17.7 Å². The molecule has 2 atom stereocenters. The molecule has 2 saturated heterocycles. The summed E-state index contributed by atoms with van der Waals surface area (Å²) in [5.74, 6) is 0. The molecule has 5 nitrogen and oxygen atoms in total. The number of rotatable bonds is 4. The number of aryl methyl sites for hydroxylation is 1. The second-order valence-electron chi connectivity index (χ2n) is 8.33. The summed E-state index contributed by atoms with van der Waals surface area (Å²) in [6.07, 6.45) is 2.92. The zero-order valence-electron chi connectivity index (χ0n) is 16.5. The number of ether oxygens (including phenoxy) is 1. The molecular formula is C17H29BN2O3S4. The minimum atomic E-state index is -0.958. The fourth-order valence-corrected chi connectivity index (χ4v) is 4.05. The van der Waals surface area contributed by atoms with Crippen LogP contribution >= 0.6 is 50.5 Å². The zero-order chi connectivity index (χ0) is 20.2. The average Bonchev–Trinajstić information content (AvgIpc) is 2.99. The van der Waals surface area contributed by atoms with Crippen LogP contribution < -0.4 is 5.46 Å². The average molecular weight is 449 g/mol. The summed E-state index contributed by atoms with van der Waals surface area (Å²) in [4.78, 5) is 0. The quantitative estimate of drug-likeness (QED) is 0.323. The molecule has 2 aliphatic rings. The monoisotopic (exact) mass is 448 g/mol. The van der Waals surface area contributed by atoms with Crippen LogP contribution in [0.3, 0.4) is 0 Å². The lowest BCUT2D eigenvalue weighted by Gasteiger charge is -2.32. The van der Waals surface area contributed by atoms with Gasteiger partial charge in [0.25, 0.3) is 0 Å². The molecule has 2 fully saturated rings. The fraction of sp³-hybridized carbons (Fsp3) is 0.824. The third-order valence-electron chi connectivity index (χ3n) is 5.71. The van der Waals surface area contributed by atoms with Crippen molar-refractivity contribution >= 4 is 63.1 Å². The number of hydrogen-bond acceptors (Lipinski definition) is 8. The molecule has 2 aliphatic heterocycles. The van der Waals surface area contributed by atoms with Gasteiger partial charge in [-0.3, -0.25) is 0 Å². The predicted molar refractivity (Wildman–Crippen MR) is 123 cm³/mol. The van der Waals surface area contributed by atoms with Crippen LogP contribution in [0.1, 0.15) is 69.8 Å². The molecule has 0 aliphatic carbocycles. The predicted octanol–water partition coefficient (Wildman–Crippen LogP) is 3.60. The molecule has 0 amide bonds. The van der Waals surface area contributed by atoms with E-state index in [9.17, 15) is 0 Å². The lowest BCUT2D eigenvalue weighted by molar-refractivity contribution is -0.0411. The number of aromatic nitrogens is 2. The highest BCUT2D eigenvalue weighted by Gasteiger charge is 2.54. The highest BCUT2D eigenvalue weighted by atomic mass is 32.2. The van der Waals surface area contributed by atoms with Crippen molar-refractivity contribution in [2.45, 2.75) is 80.0 Å². The smallest absolute Gasteiger partial charge is 0.399 e. The second kappa shape index (κ2) is 7.67. The normalized spacial score (nSPS) is 26.4. The van der Waals surface area contributed by atoms with E-state index in [4.69, 9.17) is 31.8 Å². The molecule has 3 rings (SSSR count). The Morgan fingerprint density at radius 2 is 1.74 bits per heavy atom. The van der Waals surface area contributed by atoms with Crippen molar-refractivity contribution in [2.24, 2.45) is 0 Å². The molecular weight excluding hydrogens is 419 g/mol. The Labute approximate surface area is 184 Å². The minimum Gasteiger partial charge on any atom is -0.399 e. The van der Waals surface area contributed by atoms with Crippen molar-refractivity contribution in [3.05, 3.63) is 11.4 Å². The largest absolute Gasteiger partial charge is 0.498 e. The van der Waals surface area contributed by atoms with Gasteiger partial charge in [0.05, 0.1) is 27.8 Å². The maximum Gasteiger partial charge on any atom is 0.498 e. The first kappa shape index (κ1) is 22.2. The van der Waals surface area contributed by atoms with Gasteiger partial charge in [-0.15, -0.1) is 37.9 Å². The first-order valence-electron chi connectivity index (χ1n) is 9.26. The molecule has 0 saturated carbocycles. The highest BCUT2D eigenvalue weighted by Crippen LogP contribution is 2.45. The molecule has 2 unspecified atom stereocenters. The van der Waals surface area contributed by atoms with Crippen LogP contribution in [0.5, 0.6) is 0 Å². The van der Waals surface area contributed by atoms with E-state index in [-0.39, 0.29) is 6.23 Å². The molecule has 152 valence electrons. The van der Waals surface area contributed by atoms with Crippen LogP contribution in [-0.2, 0) is 14.0 Å². The summed E-state index contributed by atoms with van der Waals surface area (Å²) < 4.78 is 19.6. The SMILES string of the molecule is Cc1nn(C2CCCCO2)c(C(S)C(S)(S)S)c1B1OC(C)(C)C(C)(C)O1. The van der Waals surface area contributed by atoms with Gasteiger partial charge in [-0.25, -0.2) is 4.68 Å². The summed E-state index contributed by atoms with van der Waals surface area (Å²) in [5, 5.41) is 4.37. The van der Waals surface area contributed by atoms with Gasteiger partial charge >= 0.3 is 7.12 Å². The van der Waals surface area contributed by atoms with Crippen LogP contribution in [0.2, 0.25) is 0 Å². The van der Waals surface area contributed by atoms with Crippen molar-refractivity contribution in [3.63, 3.8) is 0 Å². The first-order chi connectivity index (χ1) is 12.3. The van der Waals surface area contributed by atoms with Crippen LogP contribution in [0.4, 0.5) is 0 Å². The van der Waals surface area contributed by atoms with Gasteiger partial charge in [0, 0.05) is 12.1 Å². The summed E-state index contributed by atoms with van der Waals surface area (Å²) in [7, 11) is -0.547. The Bertz CT molecular complexity index is 683. The van der Waals surface area contributed by atoms with Crippen LogP contribution in [-0.4, -0.2) is 38.1 Å². The maximum absolute atomic E-state index is 6.31. The number of nitrogens with zero attached hydrogens (tertiary/aromatic N) is 2. The van der Waals surface area contributed by atoms with Crippen molar-refractivity contribution in [2.75, 3.05) is 6.61 Å². The van der Waals surface area contributed by atoms with E-state index in [0.717, 1.165) is 42.7 Å². The Morgan fingerprint density at radius 3 is 2.22 bits per heavy atom. The van der Waals surface area contributed by atoms with Gasteiger partial charge in [0.1, 0.15) is 9.64 Å². The Hall–Kier alpha value is 0.555. The molecule has 0 spiro atoms. The summed E-state index contributed by atoms with van der Waals surface area (Å²) in [6.45, 7) is 10.8. The molecule has 1 aromatic rings. The second-order valence-corrected chi connectivity index (χ2v) is 12.0. The Balaban J connectivity index is 2.09. The van der Waals surface area contributed by atoms with Crippen LogP contribution in [0.15, 0.2) is 0 Å². The van der Waals surface area contributed by atoms with E-state index in [0.29, 0.717) is 0 Å². The molecule has 10 heteroatoms. The van der Waals surface area contributed by atoms with Gasteiger partial charge in [-0.05, 0) is 53.9 Å². The van der Waals surface area contributed by atoms with E-state index in [1.165, 1.54) is 0 Å². The van der Waals surface area contributed by atoms with E-state index in [1.54, 1.807) is 0 Å². The van der Waals surface area contributed by atoms with Gasteiger partial charge in [0.15, 0.2) is 0 Å². The van der Waals surface area contributed by atoms with Crippen LogP contribution in [0.25, 0.3) is 0 Å². The summed E-state index contributed by atoms with van der Waals surface area (Å²) >= 11 is 18.4. The van der Waals surface area contributed by atoms with Gasteiger partial charge in [0.2, 0.25) is 0 Å². The van der Waals surface area contributed by atoms with Gasteiger partial charge < -0.3 is 14.0 Å². The first-order valence-corrected chi connectivity index (χ1v) is 11.1. The van der Waals surface area contributed by atoms with E-state index in [2.05, 4.69) is 37.9 Å². The molecule has 3 heterocycles. The molecule has 0 N–H and O–H groups in total. The molecule has 27 heavy (non-hydrogen) atoms. The van der Waals surface area contributed by atoms with E-state index in [1.807, 2.05) is 39.3 Å². The maximum atomic E-state index is 6.31. The van der Waals surface area contributed by atoms with Crippen molar-refractivity contribution < 1.29 is 14.0 Å². The zero-order valence-corrected chi connectivity index (χ0v) is 20.0. The Morgan fingerprint density at radius 1 is 1.15 bits per heavy atom. The van der Waals surface area contributed by atoms with Gasteiger partial charge in [-0.1, -0.05) is 0 Å². The lowest BCUT2D eigenvalue weighted by Crippen LogP contribution is -2.41. The fourth-order valence-electron chi connectivity index (χ4n) is 3.42. The van der Waals surface area contributed by atoms with Crippen molar-refractivity contribution in [1.29, 1.82) is 0 Å². The molecule has 1 aromatic heterocycles. The third kappa shape index (κ3) is 4.23. The lowest BCUT2D eigenvalue weighted by atomic mass is 9.76.